The number of amides is 1. The van der Waals surface area contributed by atoms with E-state index in [4.69, 9.17) is 0 Å². The topological polar surface area (TPSA) is 29.1 Å². The Morgan fingerprint density at radius 2 is 2.50 bits per heavy atom. The van der Waals surface area contributed by atoms with Gasteiger partial charge in [0.1, 0.15) is 0 Å². The summed E-state index contributed by atoms with van der Waals surface area (Å²) in [6.07, 6.45) is 5.24. The van der Waals surface area contributed by atoms with Crippen LogP contribution in [0.5, 0.6) is 0 Å². The first kappa shape index (κ1) is 5.35. The van der Waals surface area contributed by atoms with E-state index >= 15 is 0 Å². The molecule has 1 unspecified atom stereocenters. The van der Waals surface area contributed by atoms with Crippen molar-refractivity contribution in [1.29, 1.82) is 0 Å². The van der Waals surface area contributed by atoms with Crippen LogP contribution in [0.3, 0.4) is 0 Å². The second kappa shape index (κ2) is 1.99. The summed E-state index contributed by atoms with van der Waals surface area (Å²) in [6.45, 7) is 1.97. The monoisotopic (exact) mass is 110 g/mol. The van der Waals surface area contributed by atoms with E-state index < -0.39 is 0 Å². The second-order valence-electron chi connectivity index (χ2n) is 1.89. The van der Waals surface area contributed by atoms with Gasteiger partial charge in [-0.2, -0.15) is 0 Å². The van der Waals surface area contributed by atoms with Crippen molar-refractivity contribution in [2.75, 3.05) is 0 Å². The highest BCUT2D eigenvalue weighted by atomic mass is 16.1. The SMILES string of the molecule is CC1[CH]C(=O)NC=C1. The van der Waals surface area contributed by atoms with Gasteiger partial charge >= 0.3 is 0 Å². The number of rotatable bonds is 0. The average molecular weight is 110 g/mol. The molecule has 1 heterocycles. The van der Waals surface area contributed by atoms with Gasteiger partial charge < -0.3 is 5.32 Å². The van der Waals surface area contributed by atoms with Gasteiger partial charge in [-0.25, -0.2) is 0 Å². The van der Waals surface area contributed by atoms with E-state index in [0.29, 0.717) is 5.92 Å². The predicted octanol–water partition coefficient (Wildman–Crippen LogP) is 0.470. The van der Waals surface area contributed by atoms with Crippen LogP contribution in [0.25, 0.3) is 0 Å². The van der Waals surface area contributed by atoms with Gasteiger partial charge in [0.25, 0.3) is 0 Å². The third-order valence-corrected chi connectivity index (χ3v) is 1.04. The Bertz CT molecular complexity index is 128. The molecule has 0 aliphatic carbocycles. The van der Waals surface area contributed by atoms with Crippen LogP contribution in [0, 0.1) is 12.3 Å². The fourth-order valence-corrected chi connectivity index (χ4v) is 0.624. The van der Waals surface area contributed by atoms with Gasteiger partial charge in [-0.05, 0) is 5.92 Å². The van der Waals surface area contributed by atoms with Gasteiger partial charge in [-0.3, -0.25) is 4.79 Å². The largest absolute Gasteiger partial charge is 0.333 e. The van der Waals surface area contributed by atoms with Crippen molar-refractivity contribution >= 4 is 5.91 Å². The van der Waals surface area contributed by atoms with Crippen molar-refractivity contribution in [3.8, 4) is 0 Å². The third-order valence-electron chi connectivity index (χ3n) is 1.04. The Kier molecular flexibility index (Phi) is 1.33. The lowest BCUT2D eigenvalue weighted by molar-refractivity contribution is -0.117. The summed E-state index contributed by atoms with van der Waals surface area (Å²) in [5, 5.41) is 2.54. The zero-order valence-corrected chi connectivity index (χ0v) is 4.72. The summed E-state index contributed by atoms with van der Waals surface area (Å²) in [5.74, 6) is 0.295. The molecule has 1 amide bonds. The first-order chi connectivity index (χ1) is 3.79. The van der Waals surface area contributed by atoms with Crippen LogP contribution in [0.4, 0.5) is 0 Å². The molecule has 2 heteroatoms. The Balaban J connectivity index is 2.54. The zero-order chi connectivity index (χ0) is 5.98. The number of carbonyl (C=O) groups is 1. The van der Waals surface area contributed by atoms with Gasteiger partial charge in [0, 0.05) is 6.20 Å². The molecule has 0 aromatic carbocycles. The van der Waals surface area contributed by atoms with Gasteiger partial charge in [0.2, 0.25) is 5.91 Å². The molecule has 0 aromatic rings. The Labute approximate surface area is 48.6 Å². The molecule has 2 nitrogen and oxygen atoms in total. The Morgan fingerprint density at radius 1 is 1.75 bits per heavy atom. The van der Waals surface area contributed by atoms with E-state index in [2.05, 4.69) is 5.32 Å². The molecule has 0 fully saturated rings. The summed E-state index contributed by atoms with van der Waals surface area (Å²) in [6, 6.07) is 0. The number of nitrogens with one attached hydrogen (secondary N) is 1. The van der Waals surface area contributed by atoms with E-state index in [1.165, 1.54) is 0 Å². The van der Waals surface area contributed by atoms with Gasteiger partial charge in [-0.15, -0.1) is 0 Å². The van der Waals surface area contributed by atoms with Crippen LogP contribution in [0.15, 0.2) is 12.3 Å². The molecule has 0 saturated heterocycles. The molecule has 8 heavy (non-hydrogen) atoms. The molecule has 1 rings (SSSR count). The highest BCUT2D eigenvalue weighted by molar-refractivity contribution is 5.87. The van der Waals surface area contributed by atoms with Crippen molar-refractivity contribution < 1.29 is 4.79 Å². The second-order valence-corrected chi connectivity index (χ2v) is 1.89. The molecule has 1 N–H and O–H groups in total. The minimum absolute atomic E-state index is 0.000000000000000444. The molecule has 1 aliphatic heterocycles. The van der Waals surface area contributed by atoms with Crippen LogP contribution in [-0.2, 0) is 4.79 Å². The average Bonchev–Trinajstić information content (AvgIpc) is 1.64. The highest BCUT2D eigenvalue weighted by Gasteiger charge is 2.08. The summed E-state index contributed by atoms with van der Waals surface area (Å²) in [7, 11) is 0. The summed E-state index contributed by atoms with van der Waals surface area (Å²) in [4.78, 5) is 10.5. The van der Waals surface area contributed by atoms with E-state index in [9.17, 15) is 4.79 Å². The van der Waals surface area contributed by atoms with Crippen LogP contribution in [0.1, 0.15) is 6.92 Å². The molecule has 1 aliphatic rings. The van der Waals surface area contributed by atoms with E-state index in [1.807, 2.05) is 13.0 Å². The van der Waals surface area contributed by atoms with Gasteiger partial charge in [0.05, 0.1) is 6.42 Å². The molecule has 1 radical (unpaired) electrons. The summed E-state index contributed by atoms with van der Waals surface area (Å²) in [5.41, 5.74) is 0. The van der Waals surface area contributed by atoms with Crippen molar-refractivity contribution in [2.24, 2.45) is 5.92 Å². The van der Waals surface area contributed by atoms with Crippen LogP contribution >= 0.6 is 0 Å². The first-order valence-electron chi connectivity index (χ1n) is 2.61. The molecule has 43 valence electrons. The fourth-order valence-electron chi connectivity index (χ4n) is 0.624. The lowest BCUT2D eigenvalue weighted by atomic mass is 10.1. The first-order valence-corrected chi connectivity index (χ1v) is 2.61. The fraction of sp³-hybridized carbons (Fsp3) is 0.333. The lowest BCUT2D eigenvalue weighted by Crippen LogP contribution is -2.23. The van der Waals surface area contributed by atoms with E-state index in [-0.39, 0.29) is 5.91 Å². The molecule has 0 bridgehead atoms. The summed E-state index contributed by atoms with van der Waals surface area (Å²) >= 11 is 0. The van der Waals surface area contributed by atoms with E-state index in [0.717, 1.165) is 0 Å². The minimum Gasteiger partial charge on any atom is -0.333 e. The molecule has 1 atom stereocenters. The maximum absolute atomic E-state index is 10.5. The van der Waals surface area contributed by atoms with Crippen molar-refractivity contribution in [1.82, 2.24) is 5.32 Å². The summed E-state index contributed by atoms with van der Waals surface area (Å²) < 4.78 is 0. The highest BCUT2D eigenvalue weighted by Crippen LogP contribution is 2.04. The van der Waals surface area contributed by atoms with E-state index in [1.54, 1.807) is 12.6 Å². The lowest BCUT2D eigenvalue weighted by Gasteiger charge is -2.08. The van der Waals surface area contributed by atoms with Crippen molar-refractivity contribution in [3.63, 3.8) is 0 Å². The standard InChI is InChI=1S/C6H8NO/c1-5-2-3-7-6(8)4-5/h2-5H,1H3,(H,7,8). The molecular formula is C6H8NO. The third kappa shape index (κ3) is 1.09. The number of hydrogen-bond donors (Lipinski definition) is 1. The quantitative estimate of drug-likeness (QED) is 0.482. The molecule has 0 spiro atoms. The molecule has 0 saturated carbocycles. The Morgan fingerprint density at radius 3 is 2.88 bits per heavy atom. The Hall–Kier alpha value is -0.790. The molecular weight excluding hydrogens is 102 g/mol. The van der Waals surface area contributed by atoms with Crippen LogP contribution < -0.4 is 5.32 Å². The van der Waals surface area contributed by atoms with Crippen molar-refractivity contribution in [2.45, 2.75) is 6.92 Å². The van der Waals surface area contributed by atoms with Gasteiger partial charge in [0.15, 0.2) is 0 Å². The zero-order valence-electron chi connectivity index (χ0n) is 4.72. The maximum Gasteiger partial charge on any atom is 0.228 e. The predicted molar refractivity (Wildman–Crippen MR) is 30.7 cm³/mol. The smallest absolute Gasteiger partial charge is 0.228 e. The normalized spacial score (nSPS) is 27.6. The number of carbonyl (C=O) groups excluding carboxylic acids is 1. The van der Waals surface area contributed by atoms with Crippen molar-refractivity contribution in [3.05, 3.63) is 18.7 Å². The van der Waals surface area contributed by atoms with Crippen LogP contribution in [-0.4, -0.2) is 5.91 Å². The van der Waals surface area contributed by atoms with Crippen LogP contribution in [0.2, 0.25) is 0 Å². The minimum atomic E-state index is 0.000000000000000444. The maximum atomic E-state index is 10.5. The van der Waals surface area contributed by atoms with Gasteiger partial charge in [-0.1, -0.05) is 13.0 Å². The number of allylic oxidation sites excluding steroid dienone is 1. The molecule has 0 aromatic heterocycles. The number of hydrogen-bond acceptors (Lipinski definition) is 1.